The Bertz CT molecular complexity index is 2660. The van der Waals surface area contributed by atoms with Crippen LogP contribution in [0.2, 0.25) is 0 Å². The Labute approximate surface area is 465 Å². The predicted octanol–water partition coefficient (Wildman–Crippen LogP) is 5.80. The summed E-state index contributed by atoms with van der Waals surface area (Å²) in [6.45, 7) is 12.9. The third-order valence-corrected chi connectivity index (χ3v) is 14.3. The molecule has 2 amide bonds. The maximum absolute atomic E-state index is 15.2. The molecule has 0 spiro atoms. The van der Waals surface area contributed by atoms with Gasteiger partial charge in [0, 0.05) is 26.3 Å². The van der Waals surface area contributed by atoms with Crippen LogP contribution in [-0.4, -0.2) is 150 Å². The molecular weight excluding hydrogens is 1040 g/mol. The van der Waals surface area contributed by atoms with Crippen molar-refractivity contribution in [1.82, 2.24) is 10.6 Å². The third kappa shape index (κ3) is 15.8. The Kier molecular flexibility index (Phi) is 20.8. The number of amides is 2. The lowest BCUT2D eigenvalue weighted by molar-refractivity contribution is -0.340. The van der Waals surface area contributed by atoms with Crippen LogP contribution in [-0.2, 0) is 68.4 Å². The molecule has 0 unspecified atom stereocenters. The molecular formula is C59H76N2O19. The van der Waals surface area contributed by atoms with Crippen molar-refractivity contribution in [3.8, 4) is 0 Å². The van der Waals surface area contributed by atoms with Crippen molar-refractivity contribution < 1.29 is 91.5 Å². The smallest absolute Gasteiger partial charge is 0.408 e. The lowest BCUT2D eigenvalue weighted by atomic mass is 9.50. The highest BCUT2D eigenvalue weighted by atomic mass is 16.6. The number of benzene rings is 3. The van der Waals surface area contributed by atoms with Gasteiger partial charge in [0.25, 0.3) is 0 Å². The summed E-state index contributed by atoms with van der Waals surface area (Å²) in [5.41, 5.74) is -6.85. The highest BCUT2D eigenvalue weighted by molar-refractivity contribution is 5.91. The number of carbonyl (C=O) groups is 7. The number of nitrogens with one attached hydrogen (secondary N) is 2. The minimum absolute atomic E-state index is 0.0115. The molecule has 5 N–H and O–H groups in total. The van der Waals surface area contributed by atoms with Crippen LogP contribution in [0.3, 0.4) is 0 Å². The topological polar surface area (TPSA) is 287 Å². The molecule has 2 fully saturated rings. The molecule has 3 aromatic carbocycles. The second-order valence-electron chi connectivity index (χ2n) is 22.5. The molecule has 6 rings (SSSR count). The highest BCUT2D eigenvalue weighted by Gasteiger charge is 2.74. The fourth-order valence-electron chi connectivity index (χ4n) is 11.0. The van der Waals surface area contributed by atoms with Crippen LogP contribution in [0, 0.1) is 16.7 Å². The Balaban J connectivity index is 1.32. The number of allylic oxidation sites excluding steroid dienone is 1. The van der Waals surface area contributed by atoms with Gasteiger partial charge in [0.2, 0.25) is 6.10 Å². The van der Waals surface area contributed by atoms with E-state index in [1.54, 1.807) is 96.1 Å². The number of Topliss-reactive ketones (excluding diaryl/α,β-unsaturated/α-hetero) is 1. The molecule has 11 atom stereocenters. The summed E-state index contributed by atoms with van der Waals surface area (Å²) in [5.74, 6) is -6.60. The molecule has 436 valence electrons. The zero-order valence-corrected chi connectivity index (χ0v) is 46.8. The van der Waals surface area contributed by atoms with E-state index in [0.29, 0.717) is 5.57 Å². The zero-order valence-electron chi connectivity index (χ0n) is 46.8. The van der Waals surface area contributed by atoms with Crippen molar-refractivity contribution >= 4 is 41.8 Å². The van der Waals surface area contributed by atoms with E-state index in [4.69, 9.17) is 42.6 Å². The van der Waals surface area contributed by atoms with E-state index < -0.39 is 131 Å². The zero-order chi connectivity index (χ0) is 58.6. The van der Waals surface area contributed by atoms with Crippen LogP contribution in [0.25, 0.3) is 0 Å². The monoisotopic (exact) mass is 1120 g/mol. The number of ketones is 1. The lowest BCUT2D eigenvalue weighted by Gasteiger charge is -2.64. The van der Waals surface area contributed by atoms with Crippen molar-refractivity contribution in [1.29, 1.82) is 0 Å². The fourth-order valence-corrected chi connectivity index (χ4v) is 11.0. The van der Waals surface area contributed by atoms with Gasteiger partial charge >= 0.3 is 36.1 Å². The number of hydrogen-bond donors (Lipinski definition) is 5. The predicted molar refractivity (Wildman–Crippen MR) is 285 cm³/mol. The molecule has 0 radical (unpaired) electrons. The third-order valence-electron chi connectivity index (χ3n) is 14.3. The number of aliphatic hydroxyl groups excluding tert-OH is 2. The van der Waals surface area contributed by atoms with Crippen molar-refractivity contribution in [2.24, 2.45) is 16.7 Å². The van der Waals surface area contributed by atoms with E-state index in [1.807, 2.05) is 30.3 Å². The SMILES string of the molecule is CC(=O)O[C@@]12CO[C@@H]1C[C@H](O)[C@@](C)(C(=O)[C@@H](C)O)[C@@H]2[C@H](OC(=O)c1ccccc1)[C@@]1(O)C[C@H](OC(=O)[C@H](OC(=O)COCCOCCNC(=O)OCc2ccccc2)[C@@H](NC(=O)OC(C)(C)C)c2ccccc2)C(C)=CC(C)(C)C1. The Morgan fingerprint density at radius 1 is 0.838 bits per heavy atom. The molecule has 1 saturated carbocycles. The van der Waals surface area contributed by atoms with Crippen LogP contribution in [0.4, 0.5) is 9.59 Å². The molecule has 21 nitrogen and oxygen atoms in total. The number of fused-ring (bicyclic) bond motifs is 1. The number of aliphatic hydroxyl groups is 3. The number of esters is 4. The van der Waals surface area contributed by atoms with Gasteiger partial charge in [-0.05, 0) is 82.2 Å². The number of carbonyl (C=O) groups excluding carboxylic acids is 7. The number of ether oxygens (including phenoxy) is 9. The van der Waals surface area contributed by atoms with Gasteiger partial charge in [-0.25, -0.2) is 24.0 Å². The number of rotatable bonds is 23. The molecule has 3 aliphatic rings. The Morgan fingerprint density at radius 3 is 2.06 bits per heavy atom. The first kappa shape index (κ1) is 62.4. The molecule has 3 aromatic rings. The quantitative estimate of drug-likeness (QED) is 0.0325. The van der Waals surface area contributed by atoms with Crippen LogP contribution in [0.15, 0.2) is 103 Å². The van der Waals surface area contributed by atoms with Gasteiger partial charge in [0.05, 0.1) is 49.4 Å². The number of hydrogen-bond acceptors (Lipinski definition) is 19. The average Bonchev–Trinajstić information content (AvgIpc) is 2.43. The van der Waals surface area contributed by atoms with Crippen molar-refractivity contribution in [3.63, 3.8) is 0 Å². The van der Waals surface area contributed by atoms with Crippen molar-refractivity contribution in [3.05, 3.63) is 119 Å². The standard InChI is InChI=1S/C59H76N2O19/c1-36-30-56(7,8)34-58(71,50(78-51(67)41-23-17-12-18-24-41)48-57(9,49(66)37(2)62)43(64)29-44-59(48,35-75-44)79-38(3)63)31-42(36)76-52(68)47(46(40-21-15-11-16-22-40)61-54(70)80-55(4,5)6)77-45(65)33-73-28-27-72-26-25-60-53(69)74-32-39-19-13-10-14-20-39/h10-24,30,37,42-44,46-48,50,62,64,71H,25-29,31-35H2,1-9H3,(H,60,69)(H,61,70)/t37-,42+,43+,44-,46+,47-,48+,50+,57-,58-,59+/m1/s1. The Hall–Kier alpha value is -6.75. The van der Waals surface area contributed by atoms with Gasteiger partial charge in [-0.1, -0.05) is 98.8 Å². The Morgan fingerprint density at radius 2 is 1.46 bits per heavy atom. The minimum Gasteiger partial charge on any atom is -0.455 e. The second-order valence-corrected chi connectivity index (χ2v) is 22.5. The van der Waals surface area contributed by atoms with Crippen LogP contribution in [0.5, 0.6) is 0 Å². The van der Waals surface area contributed by atoms with E-state index in [9.17, 15) is 44.1 Å². The van der Waals surface area contributed by atoms with Crippen LogP contribution in [0.1, 0.15) is 109 Å². The maximum atomic E-state index is 15.2. The first-order valence-corrected chi connectivity index (χ1v) is 26.6. The summed E-state index contributed by atoms with van der Waals surface area (Å²) in [7, 11) is 0. The summed E-state index contributed by atoms with van der Waals surface area (Å²) in [6, 6.07) is 23.5. The molecule has 1 aliphatic heterocycles. The van der Waals surface area contributed by atoms with Gasteiger partial charge in [0.1, 0.15) is 54.9 Å². The maximum Gasteiger partial charge on any atom is 0.408 e. The van der Waals surface area contributed by atoms with Crippen molar-refractivity contribution in [2.45, 2.75) is 148 Å². The molecule has 0 bridgehead atoms. The van der Waals surface area contributed by atoms with Crippen LogP contribution >= 0.6 is 0 Å². The van der Waals surface area contributed by atoms with Gasteiger partial charge < -0.3 is 68.6 Å². The highest BCUT2D eigenvalue weighted by Crippen LogP contribution is 2.59. The molecule has 0 aromatic heterocycles. The van der Waals surface area contributed by atoms with E-state index in [1.165, 1.54) is 26.0 Å². The molecule has 21 heteroatoms. The molecule has 1 saturated heterocycles. The van der Waals surface area contributed by atoms with Crippen molar-refractivity contribution in [2.75, 3.05) is 39.6 Å². The second kappa shape index (κ2) is 26.7. The summed E-state index contributed by atoms with van der Waals surface area (Å²) in [4.78, 5) is 96.9. The first-order valence-electron chi connectivity index (χ1n) is 26.6. The minimum atomic E-state index is -2.38. The molecule has 2 aliphatic carbocycles. The fraction of sp³-hybridized carbons (Fsp3) is 0.542. The van der Waals surface area contributed by atoms with Gasteiger partial charge in [0.15, 0.2) is 11.4 Å². The largest absolute Gasteiger partial charge is 0.455 e. The van der Waals surface area contributed by atoms with Gasteiger partial charge in [-0.15, -0.1) is 0 Å². The lowest BCUT2D eigenvalue weighted by Crippen LogP contribution is -2.79. The molecule has 80 heavy (non-hydrogen) atoms. The summed E-state index contributed by atoms with van der Waals surface area (Å²) < 4.78 is 52.6. The summed E-state index contributed by atoms with van der Waals surface area (Å²) >= 11 is 0. The van der Waals surface area contributed by atoms with Gasteiger partial charge in [-0.2, -0.15) is 0 Å². The van der Waals surface area contributed by atoms with E-state index in [2.05, 4.69) is 10.6 Å². The molecule has 1 heterocycles. The summed E-state index contributed by atoms with van der Waals surface area (Å²) in [6.07, 6.45) is -10.7. The first-order chi connectivity index (χ1) is 37.7. The van der Waals surface area contributed by atoms with E-state index in [-0.39, 0.29) is 63.5 Å². The summed E-state index contributed by atoms with van der Waals surface area (Å²) in [5, 5.41) is 42.0. The van der Waals surface area contributed by atoms with Crippen LogP contribution < -0.4 is 10.6 Å². The normalized spacial score (nSPS) is 25.6. The van der Waals surface area contributed by atoms with Gasteiger partial charge in [-0.3, -0.25) is 9.59 Å². The van der Waals surface area contributed by atoms with E-state index in [0.717, 1.165) is 12.5 Å². The van der Waals surface area contributed by atoms with E-state index >= 15 is 4.79 Å². The average molecular weight is 1120 g/mol. The number of alkyl carbamates (subject to hydrolysis) is 2.